The van der Waals surface area contributed by atoms with Gasteiger partial charge in [-0.2, -0.15) is 0 Å². The molecule has 2 heteroatoms. The van der Waals surface area contributed by atoms with Gasteiger partial charge in [-0.15, -0.1) is 0 Å². The summed E-state index contributed by atoms with van der Waals surface area (Å²) in [5, 5.41) is 0. The lowest BCUT2D eigenvalue weighted by Crippen LogP contribution is -2.18. The van der Waals surface area contributed by atoms with E-state index in [0.29, 0.717) is 0 Å². The first-order valence-corrected chi connectivity index (χ1v) is 3.67. The summed E-state index contributed by atoms with van der Waals surface area (Å²) in [5.41, 5.74) is 6.53. The van der Waals surface area contributed by atoms with Gasteiger partial charge >= 0.3 is 0 Å². The lowest BCUT2D eigenvalue weighted by Gasteiger charge is -2.07. The standard InChI is InChI=1S/C9H9FN/c10-8-3-1-2-7(6-8)9(11)4-5-9/h1-2,6H,4-5,11H2. The Labute approximate surface area is 65.0 Å². The Morgan fingerprint density at radius 2 is 2.27 bits per heavy atom. The maximum absolute atomic E-state index is 12.6. The van der Waals surface area contributed by atoms with E-state index in [-0.39, 0.29) is 11.4 Å². The van der Waals surface area contributed by atoms with Crippen molar-refractivity contribution in [2.75, 3.05) is 0 Å². The second-order valence-electron chi connectivity index (χ2n) is 3.08. The minimum atomic E-state index is -0.320. The Morgan fingerprint density at radius 1 is 1.55 bits per heavy atom. The zero-order chi connectivity index (χ0) is 7.90. The Kier molecular flexibility index (Phi) is 1.26. The molecule has 0 unspecified atom stereocenters. The summed E-state index contributed by atoms with van der Waals surface area (Å²) < 4.78 is 12.6. The summed E-state index contributed by atoms with van der Waals surface area (Å²) in [6.07, 6.45) is 1.94. The van der Waals surface area contributed by atoms with Gasteiger partial charge in [-0.25, -0.2) is 4.39 Å². The first-order valence-electron chi connectivity index (χ1n) is 3.67. The van der Waals surface area contributed by atoms with Gasteiger partial charge in [-0.05, 0) is 24.5 Å². The van der Waals surface area contributed by atoms with Gasteiger partial charge in [0.15, 0.2) is 0 Å². The monoisotopic (exact) mass is 150 g/mol. The zero-order valence-corrected chi connectivity index (χ0v) is 6.10. The van der Waals surface area contributed by atoms with Crippen LogP contribution in [0.1, 0.15) is 18.4 Å². The number of rotatable bonds is 1. The third-order valence-electron chi connectivity index (χ3n) is 2.13. The maximum Gasteiger partial charge on any atom is 0.131 e. The Hall–Kier alpha value is -0.890. The van der Waals surface area contributed by atoms with Gasteiger partial charge in [0.05, 0.1) is 0 Å². The highest BCUT2D eigenvalue weighted by Gasteiger charge is 2.39. The van der Waals surface area contributed by atoms with Crippen LogP contribution in [0.15, 0.2) is 18.2 Å². The highest BCUT2D eigenvalue weighted by molar-refractivity contribution is 5.29. The number of hydrogen-bond acceptors (Lipinski definition) is 1. The molecule has 57 valence electrons. The van der Waals surface area contributed by atoms with Crippen LogP contribution in [0.3, 0.4) is 0 Å². The van der Waals surface area contributed by atoms with Crippen molar-refractivity contribution in [1.82, 2.24) is 0 Å². The average Bonchev–Trinajstić information content (AvgIpc) is 2.70. The SMILES string of the molecule is NC1(c2cc[c]c(F)c2)CC1. The predicted molar refractivity (Wildman–Crippen MR) is 40.3 cm³/mol. The molecule has 1 nitrogen and oxygen atoms in total. The minimum absolute atomic E-state index is 0.226. The molecule has 0 aromatic heterocycles. The van der Waals surface area contributed by atoms with Crippen molar-refractivity contribution >= 4 is 0 Å². The largest absolute Gasteiger partial charge is 0.321 e. The minimum Gasteiger partial charge on any atom is -0.321 e. The normalized spacial score (nSPS) is 19.8. The Morgan fingerprint density at radius 3 is 2.82 bits per heavy atom. The molecule has 1 radical (unpaired) electrons. The van der Waals surface area contributed by atoms with Crippen LogP contribution in [0.4, 0.5) is 4.39 Å². The van der Waals surface area contributed by atoms with Crippen LogP contribution in [0.5, 0.6) is 0 Å². The molecule has 1 aromatic carbocycles. The van der Waals surface area contributed by atoms with Gasteiger partial charge in [0.25, 0.3) is 0 Å². The molecule has 0 atom stereocenters. The van der Waals surface area contributed by atoms with Crippen LogP contribution in [-0.2, 0) is 5.54 Å². The number of nitrogens with two attached hydrogens (primary N) is 1. The van der Waals surface area contributed by atoms with Gasteiger partial charge in [-0.1, -0.05) is 12.1 Å². The summed E-state index contributed by atoms with van der Waals surface area (Å²) in [5.74, 6) is -0.320. The molecule has 0 saturated heterocycles. The molecule has 0 aliphatic heterocycles. The maximum atomic E-state index is 12.6. The topological polar surface area (TPSA) is 26.0 Å². The molecule has 1 fully saturated rings. The molecule has 2 N–H and O–H groups in total. The second-order valence-corrected chi connectivity index (χ2v) is 3.08. The second kappa shape index (κ2) is 2.05. The third kappa shape index (κ3) is 1.14. The van der Waals surface area contributed by atoms with E-state index >= 15 is 0 Å². The van der Waals surface area contributed by atoms with Crippen molar-refractivity contribution in [3.8, 4) is 0 Å². The van der Waals surface area contributed by atoms with Gasteiger partial charge < -0.3 is 5.73 Å². The predicted octanol–water partition coefficient (Wildman–Crippen LogP) is 1.57. The molecule has 1 aromatic rings. The van der Waals surface area contributed by atoms with Gasteiger partial charge in [0.2, 0.25) is 0 Å². The molecular weight excluding hydrogens is 141 g/mol. The van der Waals surface area contributed by atoms with Crippen LogP contribution < -0.4 is 5.73 Å². The van der Waals surface area contributed by atoms with Gasteiger partial charge in [0, 0.05) is 11.6 Å². The number of benzene rings is 1. The van der Waals surface area contributed by atoms with E-state index in [1.54, 1.807) is 6.07 Å². The smallest absolute Gasteiger partial charge is 0.131 e. The van der Waals surface area contributed by atoms with E-state index in [2.05, 4.69) is 6.07 Å². The Bertz CT molecular complexity index is 279. The van der Waals surface area contributed by atoms with E-state index in [0.717, 1.165) is 18.4 Å². The van der Waals surface area contributed by atoms with E-state index in [1.807, 2.05) is 6.07 Å². The van der Waals surface area contributed by atoms with E-state index < -0.39 is 0 Å². The van der Waals surface area contributed by atoms with E-state index in [1.165, 1.54) is 6.07 Å². The number of halogens is 1. The fourth-order valence-electron chi connectivity index (χ4n) is 1.17. The molecule has 1 saturated carbocycles. The molecule has 0 bridgehead atoms. The highest BCUT2D eigenvalue weighted by atomic mass is 19.1. The summed E-state index contributed by atoms with van der Waals surface area (Å²) in [6.45, 7) is 0. The van der Waals surface area contributed by atoms with Gasteiger partial charge in [-0.3, -0.25) is 0 Å². The summed E-state index contributed by atoms with van der Waals surface area (Å²) in [7, 11) is 0. The quantitative estimate of drug-likeness (QED) is 0.646. The first kappa shape index (κ1) is 6.80. The molecule has 0 amide bonds. The third-order valence-corrected chi connectivity index (χ3v) is 2.13. The van der Waals surface area contributed by atoms with Crippen LogP contribution in [0.25, 0.3) is 0 Å². The summed E-state index contributed by atoms with van der Waals surface area (Å²) >= 11 is 0. The Balaban J connectivity index is 2.38. The first-order chi connectivity index (χ1) is 5.21. The lowest BCUT2D eigenvalue weighted by molar-refractivity contribution is 0.616. The van der Waals surface area contributed by atoms with Crippen LogP contribution in [0, 0.1) is 11.9 Å². The molecule has 0 heterocycles. The molecule has 2 rings (SSSR count). The molecule has 0 spiro atoms. The van der Waals surface area contributed by atoms with Crippen molar-refractivity contribution in [2.24, 2.45) is 5.73 Å². The summed E-state index contributed by atoms with van der Waals surface area (Å²) in [6, 6.07) is 7.32. The highest BCUT2D eigenvalue weighted by Crippen LogP contribution is 2.42. The number of hydrogen-bond donors (Lipinski definition) is 1. The van der Waals surface area contributed by atoms with Gasteiger partial charge in [0.1, 0.15) is 5.82 Å². The van der Waals surface area contributed by atoms with Crippen LogP contribution in [-0.4, -0.2) is 0 Å². The lowest BCUT2D eigenvalue weighted by atomic mass is 10.1. The zero-order valence-electron chi connectivity index (χ0n) is 6.10. The average molecular weight is 150 g/mol. The van der Waals surface area contributed by atoms with Crippen LogP contribution >= 0.6 is 0 Å². The van der Waals surface area contributed by atoms with Crippen molar-refractivity contribution in [3.05, 3.63) is 35.6 Å². The molecule has 11 heavy (non-hydrogen) atoms. The van der Waals surface area contributed by atoms with Crippen molar-refractivity contribution in [1.29, 1.82) is 0 Å². The molecule has 1 aliphatic rings. The summed E-state index contributed by atoms with van der Waals surface area (Å²) in [4.78, 5) is 0. The van der Waals surface area contributed by atoms with E-state index in [4.69, 9.17) is 5.73 Å². The fourth-order valence-corrected chi connectivity index (χ4v) is 1.17. The fraction of sp³-hybridized carbons (Fsp3) is 0.333. The molecule has 1 aliphatic carbocycles. The van der Waals surface area contributed by atoms with Crippen LogP contribution in [0.2, 0.25) is 0 Å². The molecular formula is C9H9FN. The van der Waals surface area contributed by atoms with E-state index in [9.17, 15) is 4.39 Å². The van der Waals surface area contributed by atoms with Crippen molar-refractivity contribution in [2.45, 2.75) is 18.4 Å². The van der Waals surface area contributed by atoms with Crippen molar-refractivity contribution in [3.63, 3.8) is 0 Å². The van der Waals surface area contributed by atoms with Crippen molar-refractivity contribution < 1.29 is 4.39 Å².